The van der Waals surface area contributed by atoms with Crippen LogP contribution in [0.5, 0.6) is 0 Å². The minimum Gasteiger partial charge on any atom is -0.295 e. The van der Waals surface area contributed by atoms with Crippen molar-refractivity contribution in [3.8, 4) is 0 Å². The molecular weight excluding hydrogens is 500 g/mol. The van der Waals surface area contributed by atoms with Gasteiger partial charge in [0.25, 0.3) is 0 Å². The molecule has 2 heteroatoms. The minimum absolute atomic E-state index is 0.218. The van der Waals surface area contributed by atoms with Crippen LogP contribution < -0.4 is 0 Å². The molecule has 2 aromatic rings. The van der Waals surface area contributed by atoms with Crippen LogP contribution in [0.1, 0.15) is 134 Å². The van der Waals surface area contributed by atoms with Crippen LogP contribution in [0, 0.1) is 12.8 Å². The van der Waals surface area contributed by atoms with Gasteiger partial charge in [0, 0.05) is 24.8 Å². The van der Waals surface area contributed by atoms with Gasteiger partial charge in [0.2, 0.25) is 0 Å². The molecule has 2 aromatic carbocycles. The minimum atomic E-state index is 0.218. The van der Waals surface area contributed by atoms with Gasteiger partial charge in [0.15, 0.2) is 11.6 Å². The monoisotopic (exact) mass is 548 g/mol. The van der Waals surface area contributed by atoms with Gasteiger partial charge >= 0.3 is 0 Å². The van der Waals surface area contributed by atoms with E-state index in [0.717, 1.165) is 48.3 Å². The topological polar surface area (TPSA) is 34.1 Å². The third-order valence-electron chi connectivity index (χ3n) is 10.1. The van der Waals surface area contributed by atoms with Crippen LogP contribution in [-0.4, -0.2) is 11.6 Å². The van der Waals surface area contributed by atoms with Crippen LogP contribution in [0.2, 0.25) is 0 Å². The third kappa shape index (κ3) is 7.64. The first kappa shape index (κ1) is 29.5. The number of carbonyl (C=O) groups is 2. The van der Waals surface area contributed by atoms with Crippen LogP contribution in [0.4, 0.5) is 0 Å². The summed E-state index contributed by atoms with van der Waals surface area (Å²) in [5.74, 6) is 2.49. The van der Waals surface area contributed by atoms with Crippen LogP contribution in [0.3, 0.4) is 0 Å². The van der Waals surface area contributed by atoms with E-state index in [-0.39, 0.29) is 11.6 Å². The summed E-state index contributed by atoms with van der Waals surface area (Å²) in [5, 5.41) is 0. The Balaban J connectivity index is 1.25. The van der Waals surface area contributed by atoms with E-state index in [4.69, 9.17) is 0 Å². The van der Waals surface area contributed by atoms with Crippen molar-refractivity contribution in [1.82, 2.24) is 0 Å². The molecule has 0 aliphatic heterocycles. The molecule has 0 aromatic heterocycles. The number of Topliss-reactive ketones (excluding diaryl/α,β-unsaturated/α-hetero) is 2. The Hall–Kier alpha value is -3.00. The molecule has 2 fully saturated rings. The Kier molecular flexibility index (Phi) is 10.3. The van der Waals surface area contributed by atoms with Gasteiger partial charge in [-0.25, -0.2) is 0 Å². The molecule has 0 N–H and O–H groups in total. The summed E-state index contributed by atoms with van der Waals surface area (Å²) in [6.07, 6.45) is 22.0. The second kappa shape index (κ2) is 14.3. The highest BCUT2D eigenvalue weighted by Gasteiger charge is 2.26. The Bertz CT molecular complexity index is 1290. The van der Waals surface area contributed by atoms with Crippen molar-refractivity contribution >= 4 is 11.6 Å². The highest BCUT2D eigenvalue weighted by atomic mass is 16.1. The lowest BCUT2D eigenvalue weighted by Crippen LogP contribution is -2.15. The van der Waals surface area contributed by atoms with E-state index in [0.29, 0.717) is 37.5 Å². The number of hydrogen-bond donors (Lipinski definition) is 0. The molecule has 2 saturated carbocycles. The zero-order valence-corrected chi connectivity index (χ0v) is 25.1. The van der Waals surface area contributed by atoms with Crippen LogP contribution in [0.25, 0.3) is 0 Å². The molecule has 0 heterocycles. The second-order valence-electron chi connectivity index (χ2n) is 12.9. The lowest BCUT2D eigenvalue weighted by atomic mass is 9.74. The van der Waals surface area contributed by atoms with Crippen molar-refractivity contribution in [3.63, 3.8) is 0 Å². The van der Waals surface area contributed by atoms with Gasteiger partial charge in [0.1, 0.15) is 0 Å². The SMILES string of the molecule is C=CC1=CC=C(C(=O)CCc2cc(C(=O)CCCCC3CCCC3)ccc2C2CCC(c3ccccc3C)CC2)C1. The third-order valence-corrected chi connectivity index (χ3v) is 10.1. The second-order valence-corrected chi connectivity index (χ2v) is 12.9. The highest BCUT2D eigenvalue weighted by Crippen LogP contribution is 2.42. The van der Waals surface area contributed by atoms with E-state index in [1.54, 1.807) is 0 Å². The summed E-state index contributed by atoms with van der Waals surface area (Å²) in [7, 11) is 0. The fraction of sp³-hybridized carbons (Fsp3) is 0.487. The molecule has 0 unspecified atom stereocenters. The van der Waals surface area contributed by atoms with Gasteiger partial charge in [-0.3, -0.25) is 9.59 Å². The average molecular weight is 549 g/mol. The lowest BCUT2D eigenvalue weighted by molar-refractivity contribution is -0.115. The van der Waals surface area contributed by atoms with Crippen LogP contribution in [0.15, 0.2) is 78.4 Å². The van der Waals surface area contributed by atoms with Gasteiger partial charge in [-0.2, -0.15) is 0 Å². The maximum atomic E-state index is 13.2. The summed E-state index contributed by atoms with van der Waals surface area (Å²) in [5.41, 5.74) is 8.31. The standard InChI is InChI=1S/C39H48O2/c1-3-29-16-17-34(26-29)39(41)25-23-33-27-35(38(40)15-9-7-13-30-11-5-6-12-30)22-24-37(33)32-20-18-31(19-21-32)36-14-8-4-10-28(36)2/h3-4,8,10,14,16-17,22,24,27,30-32H,1,5-7,9,11-13,15,18-21,23,25-26H2,2H3. The number of unbranched alkanes of at least 4 members (excludes halogenated alkanes) is 1. The van der Waals surface area contributed by atoms with E-state index in [1.165, 1.54) is 67.2 Å². The van der Waals surface area contributed by atoms with Gasteiger partial charge < -0.3 is 0 Å². The Morgan fingerprint density at radius 3 is 2.27 bits per heavy atom. The maximum Gasteiger partial charge on any atom is 0.162 e. The van der Waals surface area contributed by atoms with Crippen molar-refractivity contribution < 1.29 is 9.59 Å². The number of hydrogen-bond acceptors (Lipinski definition) is 2. The van der Waals surface area contributed by atoms with Gasteiger partial charge in [-0.1, -0.05) is 99.7 Å². The van der Waals surface area contributed by atoms with Crippen LogP contribution in [-0.2, 0) is 11.2 Å². The molecule has 5 rings (SSSR count). The summed E-state index contributed by atoms with van der Waals surface area (Å²) < 4.78 is 0. The number of ketones is 2. The molecule has 0 radical (unpaired) electrons. The summed E-state index contributed by atoms with van der Waals surface area (Å²) in [6, 6.07) is 15.3. The largest absolute Gasteiger partial charge is 0.295 e. The van der Waals surface area contributed by atoms with E-state index in [1.807, 2.05) is 18.2 Å². The fourth-order valence-corrected chi connectivity index (χ4v) is 7.60. The predicted octanol–water partition coefficient (Wildman–Crippen LogP) is 10.3. The number of carbonyl (C=O) groups excluding carboxylic acids is 2. The fourth-order valence-electron chi connectivity index (χ4n) is 7.60. The molecule has 0 atom stereocenters. The van der Waals surface area contributed by atoms with E-state index in [9.17, 15) is 9.59 Å². The first-order chi connectivity index (χ1) is 20.0. The number of rotatable bonds is 13. The van der Waals surface area contributed by atoms with Crippen molar-refractivity contribution in [3.05, 3.63) is 106 Å². The van der Waals surface area contributed by atoms with Gasteiger partial charge in [-0.05, 0) is 103 Å². The van der Waals surface area contributed by atoms with Crippen molar-refractivity contribution in [1.29, 1.82) is 0 Å². The maximum absolute atomic E-state index is 13.2. The quantitative estimate of drug-likeness (QED) is 0.184. The highest BCUT2D eigenvalue weighted by molar-refractivity contribution is 5.97. The molecule has 41 heavy (non-hydrogen) atoms. The zero-order chi connectivity index (χ0) is 28.6. The number of benzene rings is 2. The summed E-state index contributed by atoms with van der Waals surface area (Å²) in [4.78, 5) is 26.3. The predicted molar refractivity (Wildman–Crippen MR) is 171 cm³/mol. The van der Waals surface area contributed by atoms with Gasteiger partial charge in [0.05, 0.1) is 0 Å². The Morgan fingerprint density at radius 1 is 0.829 bits per heavy atom. The normalized spacial score (nSPS) is 21.0. The molecular formula is C39H48O2. The molecule has 3 aliphatic carbocycles. The van der Waals surface area contributed by atoms with Gasteiger partial charge in [-0.15, -0.1) is 0 Å². The van der Waals surface area contributed by atoms with Crippen molar-refractivity contribution in [2.24, 2.45) is 5.92 Å². The number of aryl methyl sites for hydroxylation is 2. The zero-order valence-electron chi connectivity index (χ0n) is 25.1. The first-order valence-corrected chi connectivity index (χ1v) is 16.3. The van der Waals surface area contributed by atoms with Crippen molar-refractivity contribution in [2.45, 2.75) is 115 Å². The smallest absolute Gasteiger partial charge is 0.162 e. The molecule has 0 amide bonds. The lowest BCUT2D eigenvalue weighted by Gasteiger charge is -2.31. The summed E-state index contributed by atoms with van der Waals surface area (Å²) >= 11 is 0. The molecule has 0 spiro atoms. The molecule has 0 saturated heterocycles. The van der Waals surface area contributed by atoms with E-state index >= 15 is 0 Å². The van der Waals surface area contributed by atoms with Crippen LogP contribution >= 0.6 is 0 Å². The molecule has 2 nitrogen and oxygen atoms in total. The van der Waals surface area contributed by atoms with E-state index in [2.05, 4.69) is 56.0 Å². The molecule has 3 aliphatic rings. The van der Waals surface area contributed by atoms with E-state index < -0.39 is 0 Å². The average Bonchev–Trinajstić information content (AvgIpc) is 3.71. The Labute approximate surface area is 248 Å². The first-order valence-electron chi connectivity index (χ1n) is 16.3. The molecule has 0 bridgehead atoms. The van der Waals surface area contributed by atoms with Crippen molar-refractivity contribution in [2.75, 3.05) is 0 Å². The summed E-state index contributed by atoms with van der Waals surface area (Å²) in [6.45, 7) is 6.08. The number of allylic oxidation sites excluding steroid dienone is 5. The molecule has 216 valence electrons. The Morgan fingerprint density at radius 2 is 1.56 bits per heavy atom.